The summed E-state index contributed by atoms with van der Waals surface area (Å²) in [6.07, 6.45) is 1.89. The Morgan fingerprint density at radius 3 is 2.63 bits per heavy atom. The number of halogens is 1. The fourth-order valence-electron chi connectivity index (χ4n) is 3.58. The number of amides is 2. The lowest BCUT2D eigenvalue weighted by molar-refractivity contribution is -0.118. The normalized spacial score (nSPS) is 10.8. The molecular weight excluding hydrogens is 467 g/mol. The number of aromatic nitrogens is 2. The van der Waals surface area contributed by atoms with Crippen molar-refractivity contribution in [3.05, 3.63) is 95.8 Å². The lowest BCUT2D eigenvalue weighted by Gasteiger charge is -2.11. The first kappa shape index (κ1) is 22.3. The van der Waals surface area contributed by atoms with Crippen LogP contribution in [0.3, 0.4) is 0 Å². The molecule has 2 amide bonds. The summed E-state index contributed by atoms with van der Waals surface area (Å²) in [5, 5.41) is 8.59. The minimum atomic E-state index is -0.548. The van der Waals surface area contributed by atoms with Gasteiger partial charge >= 0.3 is 0 Å². The standard InChI is InChI=1S/C26H19FN4O3S/c27-19-9-3-5-11-21(19)29-24(32)14-34-23-12-6-2-8-17(23)25(33)31-26-30-22(15-35-26)18-13-28-20-10-4-1-7-16(18)20/h1-13,15,28H,14H2,(H,29,32)(H,30,31,33). The number of thiazole rings is 1. The van der Waals surface area contributed by atoms with Gasteiger partial charge in [0, 0.05) is 28.0 Å². The molecule has 0 fully saturated rings. The van der Waals surface area contributed by atoms with Gasteiger partial charge in [-0.2, -0.15) is 0 Å². The van der Waals surface area contributed by atoms with E-state index >= 15 is 0 Å². The lowest BCUT2D eigenvalue weighted by atomic mass is 10.1. The molecule has 0 aliphatic carbocycles. The van der Waals surface area contributed by atoms with E-state index in [0.29, 0.717) is 5.13 Å². The first-order valence-corrected chi connectivity index (χ1v) is 11.6. The highest BCUT2D eigenvalue weighted by Gasteiger charge is 2.17. The number of rotatable bonds is 7. The molecule has 3 N–H and O–H groups in total. The van der Waals surface area contributed by atoms with E-state index in [2.05, 4.69) is 20.6 Å². The van der Waals surface area contributed by atoms with Crippen molar-refractivity contribution in [3.63, 3.8) is 0 Å². The fraction of sp³-hybridized carbons (Fsp3) is 0.0385. The second-order valence-corrected chi connectivity index (χ2v) is 8.41. The molecule has 0 unspecified atom stereocenters. The van der Waals surface area contributed by atoms with E-state index in [9.17, 15) is 14.0 Å². The average molecular weight is 487 g/mol. The van der Waals surface area contributed by atoms with Crippen molar-refractivity contribution in [1.29, 1.82) is 0 Å². The highest BCUT2D eigenvalue weighted by atomic mass is 32.1. The molecule has 0 saturated carbocycles. The summed E-state index contributed by atoms with van der Waals surface area (Å²) < 4.78 is 19.3. The van der Waals surface area contributed by atoms with Crippen LogP contribution in [0.15, 0.2) is 84.4 Å². The number of anilines is 2. The first-order valence-electron chi connectivity index (χ1n) is 10.7. The second-order valence-electron chi connectivity index (χ2n) is 7.55. The largest absolute Gasteiger partial charge is 0.483 e. The van der Waals surface area contributed by atoms with Gasteiger partial charge < -0.3 is 15.0 Å². The zero-order valence-corrected chi connectivity index (χ0v) is 19.1. The maximum atomic E-state index is 13.7. The molecule has 0 aliphatic rings. The van der Waals surface area contributed by atoms with Gasteiger partial charge in [0.15, 0.2) is 11.7 Å². The summed E-state index contributed by atoms with van der Waals surface area (Å²) in [4.78, 5) is 32.9. The van der Waals surface area contributed by atoms with Crippen LogP contribution in [0.25, 0.3) is 22.2 Å². The number of hydrogen-bond acceptors (Lipinski definition) is 5. The van der Waals surface area contributed by atoms with Gasteiger partial charge in [0.25, 0.3) is 11.8 Å². The van der Waals surface area contributed by atoms with Crippen LogP contribution in [0, 0.1) is 5.82 Å². The number of ether oxygens (including phenoxy) is 1. The van der Waals surface area contributed by atoms with Crippen LogP contribution in [0.4, 0.5) is 15.2 Å². The molecule has 0 radical (unpaired) electrons. The summed E-state index contributed by atoms with van der Waals surface area (Å²) in [5.41, 5.74) is 3.00. The number of H-pyrrole nitrogens is 1. The van der Waals surface area contributed by atoms with Crippen LogP contribution < -0.4 is 15.4 Å². The van der Waals surface area contributed by atoms with Gasteiger partial charge in [-0.15, -0.1) is 11.3 Å². The highest BCUT2D eigenvalue weighted by molar-refractivity contribution is 7.14. The van der Waals surface area contributed by atoms with Crippen LogP contribution >= 0.6 is 11.3 Å². The Bertz CT molecular complexity index is 1530. The summed E-state index contributed by atoms with van der Waals surface area (Å²) in [6.45, 7) is -0.388. The number of hydrogen-bond donors (Lipinski definition) is 3. The Morgan fingerprint density at radius 2 is 1.74 bits per heavy atom. The minimum absolute atomic E-state index is 0.0573. The molecule has 3 aromatic carbocycles. The zero-order chi connectivity index (χ0) is 24.2. The van der Waals surface area contributed by atoms with Gasteiger partial charge in [0.05, 0.1) is 16.9 Å². The number of carbonyl (C=O) groups is 2. The molecule has 174 valence electrons. The van der Waals surface area contributed by atoms with Crippen molar-refractivity contribution in [2.75, 3.05) is 17.2 Å². The third-order valence-electron chi connectivity index (χ3n) is 5.23. The van der Waals surface area contributed by atoms with Crippen molar-refractivity contribution in [2.45, 2.75) is 0 Å². The maximum Gasteiger partial charge on any atom is 0.262 e. The molecule has 0 spiro atoms. The Hall–Kier alpha value is -4.50. The van der Waals surface area contributed by atoms with Crippen molar-refractivity contribution in [3.8, 4) is 17.0 Å². The van der Waals surface area contributed by atoms with Crippen molar-refractivity contribution in [1.82, 2.24) is 9.97 Å². The van der Waals surface area contributed by atoms with Crippen molar-refractivity contribution in [2.24, 2.45) is 0 Å². The van der Waals surface area contributed by atoms with Gasteiger partial charge in [-0.25, -0.2) is 9.37 Å². The summed E-state index contributed by atoms with van der Waals surface area (Å²) in [7, 11) is 0. The van der Waals surface area contributed by atoms with Gasteiger partial charge in [0.2, 0.25) is 0 Å². The van der Waals surface area contributed by atoms with Gasteiger partial charge in [-0.1, -0.05) is 42.5 Å². The first-order chi connectivity index (χ1) is 17.1. The lowest BCUT2D eigenvalue weighted by Crippen LogP contribution is -2.22. The molecule has 5 aromatic rings. The summed E-state index contributed by atoms with van der Waals surface area (Å²) in [6, 6.07) is 20.3. The van der Waals surface area contributed by atoms with E-state index in [1.54, 1.807) is 30.3 Å². The molecule has 2 aromatic heterocycles. The average Bonchev–Trinajstić information content (AvgIpc) is 3.51. The number of nitrogens with zero attached hydrogens (tertiary/aromatic N) is 1. The summed E-state index contributed by atoms with van der Waals surface area (Å²) in [5.74, 6) is -1.29. The number of aromatic amines is 1. The van der Waals surface area contributed by atoms with Crippen molar-refractivity contribution < 1.29 is 18.7 Å². The SMILES string of the molecule is O=C(COc1ccccc1C(=O)Nc1nc(-c2c[nH]c3ccccc23)cs1)Nc1ccccc1F. The van der Waals surface area contributed by atoms with Gasteiger partial charge in [-0.3, -0.25) is 14.9 Å². The number of nitrogens with one attached hydrogen (secondary N) is 3. The second kappa shape index (κ2) is 9.78. The quantitative estimate of drug-likeness (QED) is 0.275. The van der Waals surface area contributed by atoms with E-state index in [4.69, 9.17) is 4.74 Å². The number of fused-ring (bicyclic) bond motifs is 1. The predicted molar refractivity (Wildman–Crippen MR) is 134 cm³/mol. The van der Waals surface area contributed by atoms with Gasteiger partial charge in [-0.05, 0) is 30.3 Å². The summed E-state index contributed by atoms with van der Waals surface area (Å²) >= 11 is 1.31. The van der Waals surface area contributed by atoms with E-state index < -0.39 is 17.6 Å². The Balaban J connectivity index is 1.26. The predicted octanol–water partition coefficient (Wildman–Crippen LogP) is 5.70. The van der Waals surface area contributed by atoms with Crippen molar-refractivity contribution >= 4 is 44.9 Å². The fourth-order valence-corrected chi connectivity index (χ4v) is 4.28. The maximum absolute atomic E-state index is 13.7. The van der Waals surface area contributed by atoms with E-state index in [1.807, 2.05) is 35.8 Å². The third-order valence-corrected chi connectivity index (χ3v) is 5.99. The Labute approximate surface area is 203 Å². The number of benzene rings is 3. The molecule has 0 bridgehead atoms. The minimum Gasteiger partial charge on any atom is -0.483 e. The number of para-hydroxylation sites is 3. The van der Waals surface area contributed by atoms with Crippen LogP contribution in [-0.2, 0) is 4.79 Å². The topological polar surface area (TPSA) is 96.1 Å². The van der Waals surface area contributed by atoms with Crippen LogP contribution in [0.5, 0.6) is 5.75 Å². The molecular formula is C26H19FN4O3S. The molecule has 35 heavy (non-hydrogen) atoms. The Morgan fingerprint density at radius 1 is 0.971 bits per heavy atom. The third kappa shape index (κ3) is 4.90. The number of carbonyl (C=O) groups excluding carboxylic acids is 2. The molecule has 9 heteroatoms. The molecule has 0 atom stereocenters. The Kier molecular flexibility index (Phi) is 6.23. The van der Waals surface area contributed by atoms with E-state index in [-0.39, 0.29) is 23.6 Å². The molecule has 7 nitrogen and oxygen atoms in total. The van der Waals surface area contributed by atoms with Crippen LogP contribution in [-0.4, -0.2) is 28.4 Å². The van der Waals surface area contributed by atoms with Crippen LogP contribution in [0.2, 0.25) is 0 Å². The van der Waals surface area contributed by atoms with Gasteiger partial charge in [0.1, 0.15) is 11.6 Å². The zero-order valence-electron chi connectivity index (χ0n) is 18.2. The molecule has 0 saturated heterocycles. The molecule has 2 heterocycles. The molecule has 0 aliphatic heterocycles. The monoisotopic (exact) mass is 486 g/mol. The smallest absolute Gasteiger partial charge is 0.262 e. The van der Waals surface area contributed by atoms with Crippen LogP contribution in [0.1, 0.15) is 10.4 Å². The molecule has 5 rings (SSSR count). The highest BCUT2D eigenvalue weighted by Crippen LogP contribution is 2.31. The van der Waals surface area contributed by atoms with E-state index in [0.717, 1.165) is 22.2 Å². The van der Waals surface area contributed by atoms with E-state index in [1.165, 1.54) is 29.5 Å².